The molecule has 0 unspecified atom stereocenters. The van der Waals surface area contributed by atoms with Crippen LogP contribution >= 0.6 is 0 Å². The molecular weight excluding hydrogens is 330 g/mol. The van der Waals surface area contributed by atoms with E-state index >= 15 is 0 Å². The quantitative estimate of drug-likeness (QED) is 0.720. The van der Waals surface area contributed by atoms with Crippen molar-refractivity contribution in [3.05, 3.63) is 66.9 Å². The molecule has 24 heavy (non-hydrogen) atoms. The van der Waals surface area contributed by atoms with Crippen molar-refractivity contribution in [3.8, 4) is 5.82 Å². The average Bonchev–Trinajstić information content (AvgIpc) is 3.10. The minimum atomic E-state index is -3.78. The summed E-state index contributed by atoms with van der Waals surface area (Å²) < 4.78 is 28.8. The second kappa shape index (κ2) is 6.13. The first-order valence-corrected chi connectivity index (χ1v) is 8.31. The standard InChI is InChI=1S/C15H13N5O3S/c16-15(21)11-1-4-13(5-2-11)24(22,23)19-12-3-6-14(18-9-12)20-8-7-17-10-20/h1-10,19H,(H2,16,21). The number of anilines is 1. The Hall–Kier alpha value is -3.20. The maximum Gasteiger partial charge on any atom is 0.261 e. The van der Waals surface area contributed by atoms with Gasteiger partial charge < -0.3 is 5.73 Å². The molecule has 3 N–H and O–H groups in total. The first-order valence-electron chi connectivity index (χ1n) is 6.83. The summed E-state index contributed by atoms with van der Waals surface area (Å²) in [5.41, 5.74) is 5.69. The highest BCUT2D eigenvalue weighted by molar-refractivity contribution is 7.92. The van der Waals surface area contributed by atoms with Gasteiger partial charge >= 0.3 is 0 Å². The number of carbonyl (C=O) groups excluding carboxylic acids is 1. The zero-order chi connectivity index (χ0) is 17.2. The maximum absolute atomic E-state index is 12.3. The number of imidazole rings is 1. The second-order valence-electron chi connectivity index (χ2n) is 4.87. The van der Waals surface area contributed by atoms with E-state index in [2.05, 4.69) is 14.7 Å². The third kappa shape index (κ3) is 3.25. The number of nitrogens with two attached hydrogens (primary N) is 1. The lowest BCUT2D eigenvalue weighted by molar-refractivity contribution is 0.1000. The number of hydrogen-bond donors (Lipinski definition) is 2. The molecule has 2 heterocycles. The van der Waals surface area contributed by atoms with Crippen molar-refractivity contribution in [2.45, 2.75) is 4.90 Å². The number of rotatable bonds is 5. The van der Waals surface area contributed by atoms with Crippen molar-refractivity contribution in [1.82, 2.24) is 14.5 Å². The molecule has 0 aliphatic carbocycles. The number of nitrogens with one attached hydrogen (secondary N) is 1. The summed E-state index contributed by atoms with van der Waals surface area (Å²) in [7, 11) is -3.78. The van der Waals surface area contributed by atoms with Gasteiger partial charge in [-0.05, 0) is 36.4 Å². The summed E-state index contributed by atoms with van der Waals surface area (Å²) in [4.78, 5) is 19.1. The van der Waals surface area contributed by atoms with E-state index in [-0.39, 0.29) is 10.5 Å². The number of aromatic nitrogens is 3. The van der Waals surface area contributed by atoms with Gasteiger partial charge in [0.05, 0.1) is 16.8 Å². The lowest BCUT2D eigenvalue weighted by Gasteiger charge is -2.09. The van der Waals surface area contributed by atoms with Crippen molar-refractivity contribution in [2.75, 3.05) is 4.72 Å². The van der Waals surface area contributed by atoms with Crippen LogP contribution in [0.2, 0.25) is 0 Å². The Balaban J connectivity index is 1.80. The van der Waals surface area contributed by atoms with Gasteiger partial charge in [-0.3, -0.25) is 14.1 Å². The molecule has 3 aromatic rings. The summed E-state index contributed by atoms with van der Waals surface area (Å²) in [6.07, 6.45) is 6.34. The van der Waals surface area contributed by atoms with Crippen LogP contribution in [0.1, 0.15) is 10.4 Å². The fourth-order valence-electron chi connectivity index (χ4n) is 2.01. The van der Waals surface area contributed by atoms with E-state index < -0.39 is 15.9 Å². The van der Waals surface area contributed by atoms with Crippen molar-refractivity contribution in [1.29, 1.82) is 0 Å². The number of benzene rings is 1. The van der Waals surface area contributed by atoms with Gasteiger partial charge in [0.15, 0.2) is 0 Å². The van der Waals surface area contributed by atoms with Crippen LogP contribution in [0.4, 0.5) is 5.69 Å². The fourth-order valence-corrected chi connectivity index (χ4v) is 3.05. The van der Waals surface area contributed by atoms with Gasteiger partial charge in [0, 0.05) is 18.0 Å². The second-order valence-corrected chi connectivity index (χ2v) is 6.55. The van der Waals surface area contributed by atoms with E-state index in [1.54, 1.807) is 35.4 Å². The fraction of sp³-hybridized carbons (Fsp3) is 0. The predicted octanol–water partition coefficient (Wildman–Crippen LogP) is 1.17. The number of sulfonamides is 1. The first-order chi connectivity index (χ1) is 11.5. The highest BCUT2D eigenvalue weighted by Gasteiger charge is 2.15. The third-order valence-corrected chi connectivity index (χ3v) is 4.62. The van der Waals surface area contributed by atoms with Crippen LogP contribution in [-0.2, 0) is 10.0 Å². The highest BCUT2D eigenvalue weighted by atomic mass is 32.2. The smallest absolute Gasteiger partial charge is 0.261 e. The molecular formula is C15H13N5O3S. The van der Waals surface area contributed by atoms with Crippen LogP contribution in [0.25, 0.3) is 5.82 Å². The molecule has 1 aromatic carbocycles. The monoisotopic (exact) mass is 343 g/mol. The van der Waals surface area contributed by atoms with Crippen molar-refractivity contribution < 1.29 is 13.2 Å². The summed E-state index contributed by atoms with van der Waals surface area (Å²) in [5, 5.41) is 0. The number of nitrogens with zero attached hydrogens (tertiary/aromatic N) is 3. The zero-order valence-corrected chi connectivity index (χ0v) is 13.1. The van der Waals surface area contributed by atoms with Crippen LogP contribution in [0.15, 0.2) is 66.2 Å². The van der Waals surface area contributed by atoms with Gasteiger partial charge in [-0.1, -0.05) is 0 Å². The molecule has 0 bridgehead atoms. The molecule has 0 fully saturated rings. The van der Waals surface area contributed by atoms with E-state index in [1.165, 1.54) is 30.5 Å². The Morgan fingerprint density at radius 3 is 2.42 bits per heavy atom. The van der Waals surface area contributed by atoms with Crippen molar-refractivity contribution in [3.63, 3.8) is 0 Å². The summed E-state index contributed by atoms with van der Waals surface area (Å²) in [6, 6.07) is 8.60. The molecule has 0 spiro atoms. The van der Waals surface area contributed by atoms with E-state index in [9.17, 15) is 13.2 Å². The van der Waals surface area contributed by atoms with Gasteiger partial charge in [0.25, 0.3) is 10.0 Å². The Morgan fingerprint density at radius 2 is 1.88 bits per heavy atom. The predicted molar refractivity (Wildman–Crippen MR) is 87.1 cm³/mol. The normalized spacial score (nSPS) is 11.2. The number of pyridine rings is 1. The van der Waals surface area contributed by atoms with Gasteiger partial charge in [0.1, 0.15) is 12.1 Å². The summed E-state index contributed by atoms with van der Waals surface area (Å²) >= 11 is 0. The maximum atomic E-state index is 12.3. The highest BCUT2D eigenvalue weighted by Crippen LogP contribution is 2.17. The van der Waals surface area contributed by atoms with Crippen LogP contribution in [-0.4, -0.2) is 28.9 Å². The van der Waals surface area contributed by atoms with Gasteiger partial charge in [-0.15, -0.1) is 0 Å². The Kier molecular flexibility index (Phi) is 4.00. The Labute approximate surface area is 138 Å². The lowest BCUT2D eigenvalue weighted by atomic mass is 10.2. The molecule has 122 valence electrons. The third-order valence-electron chi connectivity index (χ3n) is 3.22. The van der Waals surface area contributed by atoms with Gasteiger partial charge in [-0.2, -0.15) is 0 Å². The summed E-state index contributed by atoms with van der Waals surface area (Å²) in [6.45, 7) is 0. The topological polar surface area (TPSA) is 120 Å². The van der Waals surface area contributed by atoms with Gasteiger partial charge in [0.2, 0.25) is 5.91 Å². The largest absolute Gasteiger partial charge is 0.366 e. The minimum absolute atomic E-state index is 0.0196. The first kappa shape index (κ1) is 15.7. The minimum Gasteiger partial charge on any atom is -0.366 e. The molecule has 1 amide bonds. The van der Waals surface area contributed by atoms with Crippen LogP contribution in [0, 0.1) is 0 Å². The molecule has 8 nitrogen and oxygen atoms in total. The SMILES string of the molecule is NC(=O)c1ccc(S(=O)(=O)Nc2ccc(-n3ccnc3)nc2)cc1. The lowest BCUT2D eigenvalue weighted by Crippen LogP contribution is -2.14. The van der Waals surface area contributed by atoms with Gasteiger partial charge in [-0.25, -0.2) is 18.4 Å². The van der Waals surface area contributed by atoms with E-state index in [4.69, 9.17) is 5.73 Å². The number of hydrogen-bond acceptors (Lipinski definition) is 5. The molecule has 0 saturated heterocycles. The molecule has 0 atom stereocenters. The zero-order valence-electron chi connectivity index (χ0n) is 12.3. The molecule has 3 rings (SSSR count). The summed E-state index contributed by atoms with van der Waals surface area (Å²) in [5.74, 6) is -0.00698. The van der Waals surface area contributed by atoms with Crippen LogP contribution < -0.4 is 10.5 Å². The molecule has 0 aliphatic heterocycles. The molecule has 2 aromatic heterocycles. The van der Waals surface area contributed by atoms with E-state index in [1.807, 2.05) is 0 Å². The Bertz CT molecular complexity index is 949. The Morgan fingerprint density at radius 1 is 1.12 bits per heavy atom. The number of primary amides is 1. The van der Waals surface area contributed by atoms with Crippen molar-refractivity contribution in [2.24, 2.45) is 5.73 Å². The van der Waals surface area contributed by atoms with Crippen LogP contribution in [0.3, 0.4) is 0 Å². The molecule has 9 heteroatoms. The van der Waals surface area contributed by atoms with E-state index in [0.717, 1.165) is 0 Å². The van der Waals surface area contributed by atoms with Crippen molar-refractivity contribution >= 4 is 21.6 Å². The average molecular weight is 343 g/mol. The molecule has 0 radical (unpaired) electrons. The molecule has 0 aliphatic rings. The number of carbonyl (C=O) groups is 1. The number of amides is 1. The van der Waals surface area contributed by atoms with Crippen LogP contribution in [0.5, 0.6) is 0 Å². The molecule has 0 saturated carbocycles. The van der Waals surface area contributed by atoms with E-state index in [0.29, 0.717) is 11.5 Å².